The summed E-state index contributed by atoms with van der Waals surface area (Å²) in [4.78, 5) is 25.9. The van der Waals surface area contributed by atoms with Crippen molar-refractivity contribution in [2.45, 2.75) is 25.6 Å². The molecule has 0 aliphatic rings. The molecule has 0 fully saturated rings. The lowest BCUT2D eigenvalue weighted by Crippen LogP contribution is -2.55. The summed E-state index contributed by atoms with van der Waals surface area (Å²) >= 11 is 0. The lowest BCUT2D eigenvalue weighted by atomic mass is 10.1. The summed E-state index contributed by atoms with van der Waals surface area (Å²) < 4.78 is 5.25. The number of ether oxygens (including phenoxy) is 1. The van der Waals surface area contributed by atoms with Crippen molar-refractivity contribution >= 4 is 12.0 Å². The van der Waals surface area contributed by atoms with Crippen molar-refractivity contribution in [2.75, 3.05) is 13.6 Å². The van der Waals surface area contributed by atoms with E-state index in [1.165, 1.54) is 11.8 Å². The van der Waals surface area contributed by atoms with Crippen LogP contribution in [-0.2, 0) is 22.7 Å². The first kappa shape index (κ1) is 19.5. The van der Waals surface area contributed by atoms with E-state index in [2.05, 4.69) is 5.32 Å². The molecule has 0 radical (unpaired) electrons. The largest absolute Gasteiger partial charge is 0.459 e. The number of nitrogens with zero attached hydrogens (tertiary/aromatic N) is 1. The normalized spacial score (nSPS) is 12.7. The van der Waals surface area contributed by atoms with Crippen LogP contribution in [0, 0.1) is 0 Å². The second-order valence-corrected chi connectivity index (χ2v) is 6.48. The van der Waals surface area contributed by atoms with Gasteiger partial charge >= 0.3 is 12.0 Å². The molecule has 0 aromatic heterocycles. The van der Waals surface area contributed by atoms with Gasteiger partial charge < -0.3 is 20.7 Å². The molecule has 2 rings (SSSR count). The van der Waals surface area contributed by atoms with Crippen LogP contribution in [-0.4, -0.2) is 36.0 Å². The van der Waals surface area contributed by atoms with Crippen LogP contribution in [0.5, 0.6) is 0 Å². The molecule has 0 aliphatic carbocycles. The van der Waals surface area contributed by atoms with Gasteiger partial charge in [-0.2, -0.15) is 0 Å². The standard InChI is InChI=1S/C20H25N3O3/c1-20(21,18(24)26-14-17-11-7-4-8-12-17)15-22-19(25)23(2)13-16-9-5-3-6-10-16/h3-12H,13-15,21H2,1-2H3,(H,22,25)/t20-/m1/s1. The summed E-state index contributed by atoms with van der Waals surface area (Å²) in [5.41, 5.74) is 6.60. The zero-order valence-corrected chi connectivity index (χ0v) is 15.1. The molecule has 26 heavy (non-hydrogen) atoms. The van der Waals surface area contributed by atoms with Crippen LogP contribution < -0.4 is 11.1 Å². The Hall–Kier alpha value is -2.86. The average Bonchev–Trinajstić information content (AvgIpc) is 2.65. The van der Waals surface area contributed by atoms with Gasteiger partial charge in [-0.25, -0.2) is 9.59 Å². The summed E-state index contributed by atoms with van der Waals surface area (Å²) in [6.07, 6.45) is 0. The van der Waals surface area contributed by atoms with Crippen LogP contribution in [0.25, 0.3) is 0 Å². The third kappa shape index (κ3) is 5.89. The topological polar surface area (TPSA) is 84.7 Å². The molecule has 1 atom stereocenters. The van der Waals surface area contributed by atoms with Crippen molar-refractivity contribution in [3.63, 3.8) is 0 Å². The van der Waals surface area contributed by atoms with Crippen molar-refractivity contribution < 1.29 is 14.3 Å². The minimum atomic E-state index is -1.31. The Morgan fingerprint density at radius 3 is 2.15 bits per heavy atom. The first-order chi connectivity index (χ1) is 12.4. The molecule has 2 amide bonds. The Morgan fingerprint density at radius 2 is 1.58 bits per heavy atom. The van der Waals surface area contributed by atoms with E-state index >= 15 is 0 Å². The highest BCUT2D eigenvalue weighted by Gasteiger charge is 2.31. The fraction of sp³-hybridized carbons (Fsp3) is 0.300. The van der Waals surface area contributed by atoms with Gasteiger partial charge in [0.2, 0.25) is 0 Å². The molecular weight excluding hydrogens is 330 g/mol. The highest BCUT2D eigenvalue weighted by Crippen LogP contribution is 2.07. The minimum absolute atomic E-state index is 0.0153. The van der Waals surface area contributed by atoms with Crippen molar-refractivity contribution in [1.82, 2.24) is 10.2 Å². The van der Waals surface area contributed by atoms with Crippen LogP contribution in [0.15, 0.2) is 60.7 Å². The summed E-state index contributed by atoms with van der Waals surface area (Å²) in [5, 5.41) is 2.68. The number of rotatable bonds is 7. The van der Waals surface area contributed by atoms with Gasteiger partial charge in [-0.3, -0.25) is 0 Å². The molecule has 0 spiro atoms. The Balaban J connectivity index is 1.80. The highest BCUT2D eigenvalue weighted by atomic mass is 16.5. The van der Waals surface area contributed by atoms with E-state index in [1.54, 1.807) is 7.05 Å². The van der Waals surface area contributed by atoms with Crippen LogP contribution in [0.3, 0.4) is 0 Å². The molecule has 2 aromatic carbocycles. The third-order valence-corrected chi connectivity index (χ3v) is 3.90. The zero-order chi connectivity index (χ0) is 19.0. The molecule has 6 heteroatoms. The maximum atomic E-state index is 12.2. The molecule has 0 saturated heterocycles. The molecule has 0 aliphatic heterocycles. The number of nitrogens with one attached hydrogen (secondary N) is 1. The second-order valence-electron chi connectivity index (χ2n) is 6.48. The fourth-order valence-electron chi connectivity index (χ4n) is 2.28. The number of amides is 2. The highest BCUT2D eigenvalue weighted by molar-refractivity contribution is 5.82. The van der Waals surface area contributed by atoms with E-state index in [4.69, 9.17) is 10.5 Å². The molecule has 138 valence electrons. The quantitative estimate of drug-likeness (QED) is 0.746. The van der Waals surface area contributed by atoms with E-state index < -0.39 is 11.5 Å². The van der Waals surface area contributed by atoms with Crippen molar-refractivity contribution in [3.8, 4) is 0 Å². The van der Waals surface area contributed by atoms with Crippen LogP contribution in [0.2, 0.25) is 0 Å². The molecule has 0 bridgehead atoms. The number of carbonyl (C=O) groups is 2. The van der Waals surface area contributed by atoms with Crippen molar-refractivity contribution in [2.24, 2.45) is 5.73 Å². The lowest BCUT2D eigenvalue weighted by molar-refractivity contribution is -0.150. The third-order valence-electron chi connectivity index (χ3n) is 3.90. The first-order valence-corrected chi connectivity index (χ1v) is 8.41. The van der Waals surface area contributed by atoms with Gasteiger partial charge in [0, 0.05) is 20.1 Å². The molecule has 2 aromatic rings. The number of urea groups is 1. The predicted molar refractivity (Wildman–Crippen MR) is 100 cm³/mol. The van der Waals surface area contributed by atoms with Crippen LogP contribution >= 0.6 is 0 Å². The van der Waals surface area contributed by atoms with Crippen molar-refractivity contribution in [3.05, 3.63) is 71.8 Å². The van der Waals surface area contributed by atoms with Crippen LogP contribution in [0.4, 0.5) is 4.79 Å². The molecule has 6 nitrogen and oxygen atoms in total. The number of nitrogens with two attached hydrogens (primary N) is 1. The monoisotopic (exact) mass is 355 g/mol. The number of hydrogen-bond donors (Lipinski definition) is 2. The molecule has 0 unspecified atom stereocenters. The van der Waals surface area contributed by atoms with Gasteiger partial charge in [-0.1, -0.05) is 60.7 Å². The van der Waals surface area contributed by atoms with Gasteiger partial charge in [-0.15, -0.1) is 0 Å². The number of hydrogen-bond acceptors (Lipinski definition) is 4. The molecule has 3 N–H and O–H groups in total. The van der Waals surface area contributed by atoms with Gasteiger partial charge in [0.15, 0.2) is 0 Å². The van der Waals surface area contributed by atoms with Crippen molar-refractivity contribution in [1.29, 1.82) is 0 Å². The Bertz CT molecular complexity index is 718. The SMILES string of the molecule is CN(Cc1ccccc1)C(=O)NC[C@@](C)(N)C(=O)OCc1ccccc1. The average molecular weight is 355 g/mol. The van der Waals surface area contributed by atoms with E-state index in [9.17, 15) is 9.59 Å². The van der Waals surface area contributed by atoms with E-state index in [0.29, 0.717) is 6.54 Å². The Labute approximate surface area is 153 Å². The van der Waals surface area contributed by atoms with Gasteiger partial charge in [0.25, 0.3) is 0 Å². The molecule has 0 saturated carbocycles. The van der Waals surface area contributed by atoms with Gasteiger partial charge in [0.05, 0.1) is 0 Å². The summed E-state index contributed by atoms with van der Waals surface area (Å²) in [6.45, 7) is 2.14. The Kier molecular flexibility index (Phi) is 6.74. The van der Waals surface area contributed by atoms with E-state index in [1.807, 2.05) is 60.7 Å². The fourth-order valence-corrected chi connectivity index (χ4v) is 2.28. The zero-order valence-electron chi connectivity index (χ0n) is 15.1. The van der Waals surface area contributed by atoms with E-state index in [-0.39, 0.29) is 19.2 Å². The van der Waals surface area contributed by atoms with E-state index in [0.717, 1.165) is 11.1 Å². The van der Waals surface area contributed by atoms with Gasteiger partial charge in [0.1, 0.15) is 12.1 Å². The predicted octanol–water partition coefficient (Wildman–Crippen LogP) is 2.29. The summed E-state index contributed by atoms with van der Waals surface area (Å²) in [5.74, 6) is -0.563. The smallest absolute Gasteiger partial charge is 0.328 e. The minimum Gasteiger partial charge on any atom is -0.459 e. The first-order valence-electron chi connectivity index (χ1n) is 8.41. The number of carbonyl (C=O) groups excluding carboxylic acids is 2. The number of benzene rings is 2. The summed E-state index contributed by atoms with van der Waals surface area (Å²) in [6, 6.07) is 18.7. The molecule has 0 heterocycles. The second kappa shape index (κ2) is 9.01. The van der Waals surface area contributed by atoms with Crippen LogP contribution in [0.1, 0.15) is 18.1 Å². The maximum absolute atomic E-state index is 12.2. The van der Waals surface area contributed by atoms with Gasteiger partial charge in [-0.05, 0) is 18.1 Å². The lowest BCUT2D eigenvalue weighted by Gasteiger charge is -2.25. The molecular formula is C20H25N3O3. The maximum Gasteiger partial charge on any atom is 0.328 e. The Morgan fingerprint density at radius 1 is 1.04 bits per heavy atom. The number of esters is 1. The summed E-state index contributed by atoms with van der Waals surface area (Å²) in [7, 11) is 1.68.